The summed E-state index contributed by atoms with van der Waals surface area (Å²) in [5.41, 5.74) is 5.71. The molecule has 0 radical (unpaired) electrons. The van der Waals surface area contributed by atoms with Gasteiger partial charge in [-0.1, -0.05) is 31.4 Å². The van der Waals surface area contributed by atoms with E-state index in [1.165, 1.54) is 31.7 Å². The second-order valence-corrected chi connectivity index (χ2v) is 6.16. The SMILES string of the molecule is CC1CCC(CN(C)c2nnc(Cl)cc2C(N)=O)CC1. The molecule has 2 N–H and O–H groups in total. The number of nitrogens with two attached hydrogens (primary N) is 1. The number of hydrogen-bond donors (Lipinski definition) is 1. The predicted molar refractivity (Wildman–Crippen MR) is 80.0 cm³/mol. The number of rotatable bonds is 4. The summed E-state index contributed by atoms with van der Waals surface area (Å²) < 4.78 is 0. The molecule has 1 aromatic heterocycles. The van der Waals surface area contributed by atoms with E-state index >= 15 is 0 Å². The highest BCUT2D eigenvalue weighted by Gasteiger charge is 2.22. The Balaban J connectivity index is 2.09. The zero-order chi connectivity index (χ0) is 14.7. The Morgan fingerprint density at radius 3 is 2.65 bits per heavy atom. The van der Waals surface area contributed by atoms with Crippen LogP contribution in [0.5, 0.6) is 0 Å². The Kier molecular flexibility index (Phi) is 4.81. The number of carbonyl (C=O) groups is 1. The van der Waals surface area contributed by atoms with Gasteiger partial charge in [-0.2, -0.15) is 0 Å². The lowest BCUT2D eigenvalue weighted by atomic mass is 9.83. The molecule has 1 aliphatic carbocycles. The summed E-state index contributed by atoms with van der Waals surface area (Å²) in [6.07, 6.45) is 4.98. The highest BCUT2D eigenvalue weighted by Crippen LogP contribution is 2.30. The smallest absolute Gasteiger partial charge is 0.252 e. The van der Waals surface area contributed by atoms with Crippen molar-refractivity contribution in [2.24, 2.45) is 17.6 Å². The van der Waals surface area contributed by atoms with Crippen LogP contribution < -0.4 is 10.6 Å². The van der Waals surface area contributed by atoms with Crippen molar-refractivity contribution in [3.63, 3.8) is 0 Å². The lowest BCUT2D eigenvalue weighted by Crippen LogP contribution is -2.31. The van der Waals surface area contributed by atoms with Crippen molar-refractivity contribution >= 4 is 23.3 Å². The van der Waals surface area contributed by atoms with E-state index in [-0.39, 0.29) is 5.15 Å². The summed E-state index contributed by atoms with van der Waals surface area (Å²) in [6.45, 7) is 3.17. The van der Waals surface area contributed by atoms with Crippen LogP contribution in [-0.4, -0.2) is 29.7 Å². The van der Waals surface area contributed by atoms with Crippen molar-refractivity contribution in [2.75, 3.05) is 18.5 Å². The predicted octanol–water partition coefficient (Wildman–Crippen LogP) is 2.49. The maximum Gasteiger partial charge on any atom is 0.252 e. The van der Waals surface area contributed by atoms with Crippen LogP contribution in [0.3, 0.4) is 0 Å². The Morgan fingerprint density at radius 2 is 2.05 bits per heavy atom. The number of hydrogen-bond acceptors (Lipinski definition) is 4. The van der Waals surface area contributed by atoms with Gasteiger partial charge in [-0.05, 0) is 30.7 Å². The van der Waals surface area contributed by atoms with Crippen LogP contribution in [0.1, 0.15) is 43.0 Å². The molecule has 6 heteroatoms. The molecule has 1 aliphatic rings. The largest absolute Gasteiger partial charge is 0.365 e. The topological polar surface area (TPSA) is 72.1 Å². The minimum absolute atomic E-state index is 0.183. The van der Waals surface area contributed by atoms with Crippen LogP contribution in [0.2, 0.25) is 5.15 Å². The van der Waals surface area contributed by atoms with E-state index in [1.807, 2.05) is 11.9 Å². The molecule has 20 heavy (non-hydrogen) atoms. The van der Waals surface area contributed by atoms with Gasteiger partial charge >= 0.3 is 0 Å². The molecule has 110 valence electrons. The van der Waals surface area contributed by atoms with E-state index in [4.69, 9.17) is 17.3 Å². The summed E-state index contributed by atoms with van der Waals surface area (Å²) in [7, 11) is 1.92. The van der Waals surface area contributed by atoms with Gasteiger partial charge in [0.15, 0.2) is 11.0 Å². The molecule has 2 rings (SSSR count). The summed E-state index contributed by atoms with van der Waals surface area (Å²) in [5, 5.41) is 8.02. The first kappa shape index (κ1) is 15.0. The van der Waals surface area contributed by atoms with Gasteiger partial charge in [-0.25, -0.2) is 0 Å². The fraction of sp³-hybridized carbons (Fsp3) is 0.643. The third-order valence-corrected chi connectivity index (χ3v) is 4.22. The molecule has 0 aliphatic heterocycles. The molecule has 0 spiro atoms. The molecule has 1 heterocycles. The molecule has 0 atom stereocenters. The minimum Gasteiger partial charge on any atom is -0.365 e. The van der Waals surface area contributed by atoms with Gasteiger partial charge in [0.25, 0.3) is 5.91 Å². The number of halogens is 1. The number of primary amides is 1. The van der Waals surface area contributed by atoms with Crippen LogP contribution in [-0.2, 0) is 0 Å². The highest BCUT2D eigenvalue weighted by molar-refractivity contribution is 6.29. The Morgan fingerprint density at radius 1 is 1.40 bits per heavy atom. The third-order valence-electron chi connectivity index (χ3n) is 4.04. The Hall–Kier alpha value is -1.36. The molecule has 0 aromatic carbocycles. The van der Waals surface area contributed by atoms with Gasteiger partial charge in [0.05, 0.1) is 5.56 Å². The minimum atomic E-state index is -0.527. The molecule has 0 unspecified atom stereocenters. The van der Waals surface area contributed by atoms with E-state index in [0.717, 1.165) is 12.5 Å². The summed E-state index contributed by atoms with van der Waals surface area (Å²) in [6, 6.07) is 1.48. The van der Waals surface area contributed by atoms with E-state index in [9.17, 15) is 4.79 Å². The van der Waals surface area contributed by atoms with Crippen molar-refractivity contribution in [1.29, 1.82) is 0 Å². The zero-order valence-electron chi connectivity index (χ0n) is 12.0. The second kappa shape index (κ2) is 6.39. The first-order valence-electron chi connectivity index (χ1n) is 7.01. The van der Waals surface area contributed by atoms with Gasteiger partial charge in [-0.15, -0.1) is 10.2 Å². The van der Waals surface area contributed by atoms with Gasteiger partial charge in [0, 0.05) is 13.6 Å². The molecule has 1 aromatic rings. The van der Waals surface area contributed by atoms with Gasteiger partial charge in [0.1, 0.15) is 0 Å². The second-order valence-electron chi connectivity index (χ2n) is 5.78. The fourth-order valence-electron chi connectivity index (χ4n) is 2.81. The fourth-order valence-corrected chi connectivity index (χ4v) is 2.96. The Bertz CT molecular complexity index is 486. The van der Waals surface area contributed by atoms with E-state index in [0.29, 0.717) is 17.3 Å². The van der Waals surface area contributed by atoms with Crippen LogP contribution in [0, 0.1) is 11.8 Å². The van der Waals surface area contributed by atoms with Gasteiger partial charge < -0.3 is 10.6 Å². The van der Waals surface area contributed by atoms with Crippen molar-refractivity contribution in [3.05, 3.63) is 16.8 Å². The molecule has 1 fully saturated rings. The van der Waals surface area contributed by atoms with Crippen LogP contribution in [0.4, 0.5) is 5.82 Å². The standard InChI is InChI=1S/C14H21ClN4O/c1-9-3-5-10(6-4-9)8-19(2)14-11(13(16)20)7-12(15)17-18-14/h7,9-10H,3-6,8H2,1-2H3,(H2,16,20). The van der Waals surface area contributed by atoms with Crippen molar-refractivity contribution in [2.45, 2.75) is 32.6 Å². The first-order chi connectivity index (χ1) is 9.47. The molecule has 1 saturated carbocycles. The Labute approximate surface area is 124 Å². The lowest BCUT2D eigenvalue weighted by molar-refractivity contribution is 0.1000. The molecular formula is C14H21ClN4O. The summed E-state index contributed by atoms with van der Waals surface area (Å²) >= 11 is 5.77. The van der Waals surface area contributed by atoms with Crippen molar-refractivity contribution < 1.29 is 4.79 Å². The quantitative estimate of drug-likeness (QED) is 0.926. The van der Waals surface area contributed by atoms with Gasteiger partial charge in [0.2, 0.25) is 0 Å². The lowest BCUT2D eigenvalue weighted by Gasteiger charge is -2.30. The van der Waals surface area contributed by atoms with Crippen molar-refractivity contribution in [3.8, 4) is 0 Å². The summed E-state index contributed by atoms with van der Waals surface area (Å²) in [5.74, 6) is 1.45. The molecular weight excluding hydrogens is 276 g/mol. The summed E-state index contributed by atoms with van der Waals surface area (Å²) in [4.78, 5) is 13.4. The first-order valence-corrected chi connectivity index (χ1v) is 7.39. The number of aromatic nitrogens is 2. The highest BCUT2D eigenvalue weighted by atomic mass is 35.5. The number of amides is 1. The normalized spacial score (nSPS) is 22.6. The zero-order valence-corrected chi connectivity index (χ0v) is 12.7. The average molecular weight is 297 g/mol. The van der Waals surface area contributed by atoms with E-state index < -0.39 is 5.91 Å². The molecule has 5 nitrogen and oxygen atoms in total. The average Bonchev–Trinajstić information content (AvgIpc) is 2.41. The number of anilines is 1. The molecule has 0 bridgehead atoms. The maximum atomic E-state index is 11.5. The van der Waals surface area contributed by atoms with E-state index in [1.54, 1.807) is 0 Å². The monoisotopic (exact) mass is 296 g/mol. The van der Waals surface area contributed by atoms with Crippen molar-refractivity contribution in [1.82, 2.24) is 10.2 Å². The maximum absolute atomic E-state index is 11.5. The number of nitrogens with zero attached hydrogens (tertiary/aromatic N) is 3. The molecule has 0 saturated heterocycles. The van der Waals surface area contributed by atoms with Gasteiger partial charge in [-0.3, -0.25) is 4.79 Å². The van der Waals surface area contributed by atoms with E-state index in [2.05, 4.69) is 17.1 Å². The van der Waals surface area contributed by atoms with Crippen LogP contribution in [0.25, 0.3) is 0 Å². The van der Waals surface area contributed by atoms with Crippen LogP contribution >= 0.6 is 11.6 Å². The molecule has 1 amide bonds. The third kappa shape index (κ3) is 3.60. The van der Waals surface area contributed by atoms with Crippen LogP contribution in [0.15, 0.2) is 6.07 Å². The number of carbonyl (C=O) groups excluding carboxylic acids is 1.